The molecule has 0 aliphatic rings. The summed E-state index contributed by atoms with van der Waals surface area (Å²) in [5.74, 6) is -1.16. The number of carbonyl (C=O) groups is 1. The largest absolute Gasteiger partial charge is 0.481 e. The van der Waals surface area contributed by atoms with Gasteiger partial charge in [0.2, 0.25) is 0 Å². The van der Waals surface area contributed by atoms with Gasteiger partial charge < -0.3 is 9.53 Å². The number of carboxylic acids is 1. The summed E-state index contributed by atoms with van der Waals surface area (Å²) in [5, 5.41) is 9.62. The van der Waals surface area contributed by atoms with Crippen molar-refractivity contribution in [3.05, 3.63) is 0 Å². The molecule has 0 radical (unpaired) electrons. The Balaban J connectivity index is 3.88. The summed E-state index contributed by atoms with van der Waals surface area (Å²) in [6, 6.07) is 0. The van der Waals surface area contributed by atoms with E-state index in [2.05, 4.69) is 40.8 Å². The van der Waals surface area contributed by atoms with Crippen molar-refractivity contribution in [2.24, 2.45) is 5.92 Å². The Kier molecular flexibility index (Phi) is 17.0. The number of hydrogen-bond acceptors (Lipinski definition) is 2. The summed E-state index contributed by atoms with van der Waals surface area (Å²) < 4.78 is 6.50. The zero-order valence-corrected chi connectivity index (χ0v) is 23.2. The van der Waals surface area contributed by atoms with Gasteiger partial charge in [-0.3, -0.25) is 4.79 Å². The molecule has 4 heteroatoms. The fourth-order valence-electron chi connectivity index (χ4n) is 3.84. The molecule has 0 spiro atoms. The molecule has 31 heavy (non-hydrogen) atoms. The topological polar surface area (TPSA) is 46.5 Å². The lowest BCUT2D eigenvalue weighted by molar-refractivity contribution is -0.144. The zero-order valence-electron chi connectivity index (χ0n) is 22.2. The molecule has 0 aliphatic carbocycles. The lowest BCUT2D eigenvalue weighted by Gasteiger charge is -2.40. The van der Waals surface area contributed by atoms with Gasteiger partial charge >= 0.3 is 5.97 Å². The van der Waals surface area contributed by atoms with Gasteiger partial charge in [-0.1, -0.05) is 124 Å². The van der Waals surface area contributed by atoms with E-state index in [1.165, 1.54) is 89.9 Å². The van der Waals surface area contributed by atoms with Crippen molar-refractivity contribution < 1.29 is 14.3 Å². The maximum Gasteiger partial charge on any atom is 0.308 e. The third-order valence-electron chi connectivity index (χ3n) is 7.29. The Morgan fingerprint density at radius 1 is 0.774 bits per heavy atom. The highest BCUT2D eigenvalue weighted by Crippen LogP contribution is 2.38. The van der Waals surface area contributed by atoms with Crippen molar-refractivity contribution in [3.63, 3.8) is 0 Å². The van der Waals surface area contributed by atoms with Crippen LogP contribution in [-0.2, 0) is 9.22 Å². The highest BCUT2D eigenvalue weighted by atomic mass is 28.4. The zero-order chi connectivity index (χ0) is 23.8. The Bertz CT molecular complexity index is 442. The van der Waals surface area contributed by atoms with Crippen molar-refractivity contribution in [2.45, 2.75) is 162 Å². The minimum Gasteiger partial charge on any atom is -0.481 e. The highest BCUT2D eigenvalue weighted by Gasteiger charge is 2.40. The molecule has 0 amide bonds. The Morgan fingerprint density at radius 2 is 1.13 bits per heavy atom. The molecule has 1 N–H and O–H groups in total. The molecular formula is C27H56O3Si. The lowest BCUT2D eigenvalue weighted by atomic mass is 9.98. The van der Waals surface area contributed by atoms with Crippen LogP contribution in [-0.4, -0.2) is 25.5 Å². The Labute approximate surface area is 196 Å². The van der Waals surface area contributed by atoms with E-state index in [9.17, 15) is 9.90 Å². The average Bonchev–Trinajstić information content (AvgIpc) is 2.68. The van der Waals surface area contributed by atoms with Crippen LogP contribution in [0.1, 0.15) is 137 Å². The van der Waals surface area contributed by atoms with Crippen LogP contribution in [0.3, 0.4) is 0 Å². The van der Waals surface area contributed by atoms with Crippen LogP contribution in [0.15, 0.2) is 0 Å². The van der Waals surface area contributed by atoms with Gasteiger partial charge in [0.15, 0.2) is 8.32 Å². The molecule has 0 fully saturated rings. The van der Waals surface area contributed by atoms with Crippen LogP contribution in [0, 0.1) is 5.92 Å². The van der Waals surface area contributed by atoms with Gasteiger partial charge in [0.05, 0.1) is 12.0 Å². The number of carboxylic acid groups (broad SMARTS) is 1. The Morgan fingerprint density at radius 3 is 1.45 bits per heavy atom. The number of unbranched alkanes of at least 4 members (excludes halogenated alkanes) is 14. The van der Waals surface area contributed by atoms with E-state index in [4.69, 9.17) is 4.43 Å². The number of rotatable bonds is 20. The van der Waals surface area contributed by atoms with Crippen molar-refractivity contribution >= 4 is 14.3 Å². The summed E-state index contributed by atoms with van der Waals surface area (Å²) in [6.07, 6.45) is 21.0. The molecule has 1 unspecified atom stereocenters. The lowest BCUT2D eigenvalue weighted by Crippen LogP contribution is -2.46. The molecule has 0 aliphatic heterocycles. The molecule has 0 rings (SSSR count). The van der Waals surface area contributed by atoms with Gasteiger partial charge in [0, 0.05) is 0 Å². The predicted molar refractivity (Wildman–Crippen MR) is 138 cm³/mol. The van der Waals surface area contributed by atoms with Crippen LogP contribution in [0.25, 0.3) is 0 Å². The van der Waals surface area contributed by atoms with E-state index in [1.54, 1.807) is 0 Å². The first-order valence-corrected chi connectivity index (χ1v) is 16.3. The van der Waals surface area contributed by atoms with Crippen LogP contribution in [0.4, 0.5) is 0 Å². The second-order valence-electron chi connectivity index (χ2n) is 11.3. The first-order valence-electron chi connectivity index (χ1n) is 13.4. The van der Waals surface area contributed by atoms with E-state index in [0.29, 0.717) is 0 Å². The molecule has 3 nitrogen and oxygen atoms in total. The molecule has 0 heterocycles. The molecule has 0 bridgehead atoms. The molecule has 2 atom stereocenters. The maximum atomic E-state index is 11.6. The third kappa shape index (κ3) is 15.2. The molecular weight excluding hydrogens is 400 g/mol. The molecule has 0 aromatic rings. The standard InChI is InChI=1S/C27H56O3Si/c1-8-9-10-11-12-13-14-15-16-17-18-19-20-21-22-23-25(24(2)26(28)29)30-31(6,7)27(3,4)5/h24-25H,8-23H2,1-7H3,(H,28,29)/t24-,25?/m1/s1. The van der Waals surface area contributed by atoms with Crippen LogP contribution in [0.2, 0.25) is 18.1 Å². The molecule has 0 saturated carbocycles. The van der Waals surface area contributed by atoms with Gasteiger partial charge in [-0.15, -0.1) is 0 Å². The smallest absolute Gasteiger partial charge is 0.308 e. The first kappa shape index (κ1) is 30.6. The predicted octanol–water partition coefficient (Wildman–Crippen LogP) is 9.36. The molecule has 0 saturated heterocycles. The number of aliphatic carboxylic acids is 1. The second-order valence-corrected chi connectivity index (χ2v) is 16.0. The van der Waals surface area contributed by atoms with E-state index in [-0.39, 0.29) is 11.1 Å². The monoisotopic (exact) mass is 456 g/mol. The minimum atomic E-state index is -1.95. The summed E-state index contributed by atoms with van der Waals surface area (Å²) in [5.41, 5.74) is 0. The number of hydrogen-bond donors (Lipinski definition) is 1. The van der Waals surface area contributed by atoms with Gasteiger partial charge in [-0.05, 0) is 31.5 Å². The minimum absolute atomic E-state index is 0.110. The normalized spacial score (nSPS) is 14.5. The fourth-order valence-corrected chi connectivity index (χ4v) is 5.27. The SMILES string of the molecule is CCCCCCCCCCCCCCCCCC(O[Si](C)(C)C(C)(C)C)[C@@H](C)C(=O)O. The summed E-state index contributed by atoms with van der Waals surface area (Å²) in [7, 11) is -1.95. The van der Waals surface area contributed by atoms with Crippen molar-refractivity contribution in [2.75, 3.05) is 0 Å². The van der Waals surface area contributed by atoms with Crippen molar-refractivity contribution in [1.29, 1.82) is 0 Å². The van der Waals surface area contributed by atoms with E-state index >= 15 is 0 Å². The quantitative estimate of drug-likeness (QED) is 0.146. The van der Waals surface area contributed by atoms with Gasteiger partial charge in [-0.2, -0.15) is 0 Å². The van der Waals surface area contributed by atoms with E-state index < -0.39 is 20.2 Å². The average molecular weight is 457 g/mol. The molecule has 186 valence electrons. The van der Waals surface area contributed by atoms with Gasteiger partial charge in [-0.25, -0.2) is 0 Å². The van der Waals surface area contributed by atoms with Crippen molar-refractivity contribution in [1.82, 2.24) is 0 Å². The maximum absolute atomic E-state index is 11.6. The van der Waals surface area contributed by atoms with Crippen LogP contribution < -0.4 is 0 Å². The summed E-state index contributed by atoms with van der Waals surface area (Å²) >= 11 is 0. The fraction of sp³-hybridized carbons (Fsp3) is 0.963. The van der Waals surface area contributed by atoms with E-state index in [1.807, 2.05) is 6.92 Å². The highest BCUT2D eigenvalue weighted by molar-refractivity contribution is 6.74. The van der Waals surface area contributed by atoms with Crippen molar-refractivity contribution in [3.8, 4) is 0 Å². The Hall–Kier alpha value is -0.353. The second kappa shape index (κ2) is 17.2. The van der Waals surface area contributed by atoms with Crippen LogP contribution in [0.5, 0.6) is 0 Å². The molecule has 0 aromatic heterocycles. The first-order chi connectivity index (χ1) is 14.5. The van der Waals surface area contributed by atoms with Gasteiger partial charge in [0.25, 0.3) is 0 Å². The summed E-state index contributed by atoms with van der Waals surface area (Å²) in [4.78, 5) is 11.6. The summed E-state index contributed by atoms with van der Waals surface area (Å²) in [6.45, 7) is 15.2. The van der Waals surface area contributed by atoms with Gasteiger partial charge in [0.1, 0.15) is 0 Å². The third-order valence-corrected chi connectivity index (χ3v) is 11.8. The molecule has 0 aromatic carbocycles. The van der Waals surface area contributed by atoms with Crippen LogP contribution >= 0.6 is 0 Å². The van der Waals surface area contributed by atoms with E-state index in [0.717, 1.165) is 12.8 Å².